The van der Waals surface area contributed by atoms with Crippen molar-refractivity contribution in [3.63, 3.8) is 0 Å². The Hall–Kier alpha value is -0.860. The maximum absolute atomic E-state index is 6.53. The first-order valence-electron chi connectivity index (χ1n) is 7.59. The smallest absolute Gasteiger partial charge is 0.0456 e. The fraction of sp³-hybridized carbons (Fsp3) is 0.647. The highest BCUT2D eigenvalue weighted by molar-refractivity contribution is 5.36. The largest absolute Gasteiger partial charge is 0.323 e. The summed E-state index contributed by atoms with van der Waals surface area (Å²) in [5.41, 5.74) is 9.33. The Bertz CT molecular complexity index is 415. The minimum Gasteiger partial charge on any atom is -0.323 e. The zero-order valence-electron chi connectivity index (χ0n) is 12.8. The van der Waals surface area contributed by atoms with Crippen molar-refractivity contribution < 1.29 is 0 Å². The van der Waals surface area contributed by atoms with E-state index in [2.05, 4.69) is 57.0 Å². The number of hydrogen-bond donors (Lipinski definition) is 1. The van der Waals surface area contributed by atoms with Gasteiger partial charge in [-0.15, -0.1) is 0 Å². The van der Waals surface area contributed by atoms with Crippen LogP contribution in [0.1, 0.15) is 56.7 Å². The quantitative estimate of drug-likeness (QED) is 0.897. The minimum atomic E-state index is 0.154. The van der Waals surface area contributed by atoms with Crippen molar-refractivity contribution in [1.29, 1.82) is 0 Å². The Morgan fingerprint density at radius 1 is 1.32 bits per heavy atom. The van der Waals surface area contributed by atoms with E-state index in [1.807, 2.05) is 0 Å². The second-order valence-corrected chi connectivity index (χ2v) is 6.31. The van der Waals surface area contributed by atoms with Crippen LogP contribution in [-0.4, -0.2) is 24.5 Å². The molecule has 0 radical (unpaired) electrons. The van der Waals surface area contributed by atoms with E-state index in [9.17, 15) is 0 Å². The Labute approximate surface area is 118 Å². The molecule has 2 rings (SSSR count). The molecular weight excluding hydrogens is 232 g/mol. The second kappa shape index (κ2) is 6.06. The maximum Gasteiger partial charge on any atom is 0.0456 e. The molecule has 0 spiro atoms. The van der Waals surface area contributed by atoms with Crippen LogP contribution in [0.5, 0.6) is 0 Å². The van der Waals surface area contributed by atoms with Crippen molar-refractivity contribution in [2.75, 3.05) is 13.6 Å². The number of fused-ring (bicyclic) bond motifs is 1. The third-order valence-corrected chi connectivity index (χ3v) is 4.76. The summed E-state index contributed by atoms with van der Waals surface area (Å²) >= 11 is 0. The zero-order chi connectivity index (χ0) is 14.0. The van der Waals surface area contributed by atoms with Crippen LogP contribution in [0, 0.1) is 5.92 Å². The molecule has 106 valence electrons. The molecule has 19 heavy (non-hydrogen) atoms. The summed E-state index contributed by atoms with van der Waals surface area (Å²) in [6.07, 6.45) is 2.41. The SMILES string of the molecule is CCC(C)CN(C)C1CC(C)c2ccccc2C1N. The van der Waals surface area contributed by atoms with Crippen molar-refractivity contribution >= 4 is 0 Å². The van der Waals surface area contributed by atoms with Crippen LogP contribution in [0.3, 0.4) is 0 Å². The van der Waals surface area contributed by atoms with Crippen LogP contribution in [0.25, 0.3) is 0 Å². The summed E-state index contributed by atoms with van der Waals surface area (Å²) in [5.74, 6) is 1.35. The predicted molar refractivity (Wildman–Crippen MR) is 82.3 cm³/mol. The molecule has 1 aromatic rings. The summed E-state index contributed by atoms with van der Waals surface area (Å²) in [4.78, 5) is 2.48. The van der Waals surface area contributed by atoms with Gasteiger partial charge in [0.15, 0.2) is 0 Å². The molecule has 1 aliphatic carbocycles. The molecule has 0 aromatic heterocycles. The summed E-state index contributed by atoms with van der Waals surface area (Å²) in [6, 6.07) is 9.32. The van der Waals surface area contributed by atoms with Gasteiger partial charge in [0.1, 0.15) is 0 Å². The normalized spacial score (nSPS) is 28.2. The number of nitrogens with zero attached hydrogens (tertiary/aromatic N) is 1. The van der Waals surface area contributed by atoms with Crippen molar-refractivity contribution in [1.82, 2.24) is 4.90 Å². The van der Waals surface area contributed by atoms with Gasteiger partial charge in [-0.1, -0.05) is 51.5 Å². The van der Waals surface area contributed by atoms with E-state index in [1.54, 1.807) is 0 Å². The van der Waals surface area contributed by atoms with E-state index < -0.39 is 0 Å². The first-order chi connectivity index (χ1) is 9.04. The van der Waals surface area contributed by atoms with Crippen LogP contribution in [0.15, 0.2) is 24.3 Å². The number of likely N-dealkylation sites (N-methyl/N-ethyl adjacent to an activating group) is 1. The van der Waals surface area contributed by atoms with Gasteiger partial charge in [0, 0.05) is 18.6 Å². The molecule has 2 nitrogen and oxygen atoms in total. The van der Waals surface area contributed by atoms with Gasteiger partial charge in [0.2, 0.25) is 0 Å². The second-order valence-electron chi connectivity index (χ2n) is 6.31. The average Bonchev–Trinajstić information content (AvgIpc) is 2.42. The van der Waals surface area contributed by atoms with Crippen LogP contribution < -0.4 is 5.73 Å². The first-order valence-corrected chi connectivity index (χ1v) is 7.59. The van der Waals surface area contributed by atoms with Crippen LogP contribution in [0.2, 0.25) is 0 Å². The third-order valence-electron chi connectivity index (χ3n) is 4.76. The molecule has 0 bridgehead atoms. The molecule has 2 N–H and O–H groups in total. The van der Waals surface area contributed by atoms with Gasteiger partial charge in [-0.2, -0.15) is 0 Å². The Balaban J connectivity index is 2.17. The Morgan fingerprint density at radius 2 is 1.95 bits per heavy atom. The van der Waals surface area contributed by atoms with Gasteiger partial charge < -0.3 is 10.6 Å². The summed E-state index contributed by atoms with van der Waals surface area (Å²) in [7, 11) is 2.23. The zero-order valence-corrected chi connectivity index (χ0v) is 12.8. The molecule has 1 aliphatic rings. The number of rotatable bonds is 4. The molecular formula is C17H28N2. The lowest BCUT2D eigenvalue weighted by atomic mass is 9.77. The highest BCUT2D eigenvalue weighted by Gasteiger charge is 2.33. The summed E-state index contributed by atoms with van der Waals surface area (Å²) < 4.78 is 0. The minimum absolute atomic E-state index is 0.154. The molecule has 2 heteroatoms. The fourth-order valence-corrected chi connectivity index (χ4v) is 3.32. The molecule has 4 unspecified atom stereocenters. The van der Waals surface area contributed by atoms with Gasteiger partial charge in [0.05, 0.1) is 0 Å². The van der Waals surface area contributed by atoms with Gasteiger partial charge in [-0.3, -0.25) is 0 Å². The van der Waals surface area contributed by atoms with E-state index >= 15 is 0 Å². The van der Waals surface area contributed by atoms with E-state index in [1.165, 1.54) is 24.0 Å². The van der Waals surface area contributed by atoms with Gasteiger partial charge >= 0.3 is 0 Å². The Kier molecular flexibility index (Phi) is 4.64. The molecule has 4 atom stereocenters. The number of nitrogens with two attached hydrogens (primary N) is 1. The first kappa shape index (κ1) is 14.5. The maximum atomic E-state index is 6.53. The lowest BCUT2D eigenvalue weighted by Gasteiger charge is -2.41. The molecule has 1 aromatic carbocycles. The lowest BCUT2D eigenvalue weighted by Crippen LogP contribution is -2.45. The predicted octanol–water partition coefficient (Wildman–Crippen LogP) is 3.54. The van der Waals surface area contributed by atoms with E-state index in [4.69, 9.17) is 5.73 Å². The van der Waals surface area contributed by atoms with Crippen molar-refractivity contribution in [3.05, 3.63) is 35.4 Å². The van der Waals surface area contributed by atoms with E-state index in [0.29, 0.717) is 12.0 Å². The van der Waals surface area contributed by atoms with Crippen molar-refractivity contribution in [2.24, 2.45) is 11.7 Å². The topological polar surface area (TPSA) is 29.3 Å². The molecule has 0 saturated heterocycles. The third kappa shape index (κ3) is 3.01. The molecule has 0 amide bonds. The average molecular weight is 260 g/mol. The van der Waals surface area contributed by atoms with Crippen LogP contribution >= 0.6 is 0 Å². The van der Waals surface area contributed by atoms with Crippen molar-refractivity contribution in [3.8, 4) is 0 Å². The molecule has 0 fully saturated rings. The molecule has 0 aliphatic heterocycles. The van der Waals surface area contributed by atoms with Crippen LogP contribution in [0.4, 0.5) is 0 Å². The van der Waals surface area contributed by atoms with Crippen molar-refractivity contribution in [2.45, 2.75) is 51.6 Å². The number of benzene rings is 1. The van der Waals surface area contributed by atoms with E-state index in [0.717, 1.165) is 12.5 Å². The Morgan fingerprint density at radius 3 is 2.58 bits per heavy atom. The summed E-state index contributed by atoms with van der Waals surface area (Å²) in [5, 5.41) is 0. The van der Waals surface area contributed by atoms with Gasteiger partial charge in [0.25, 0.3) is 0 Å². The monoisotopic (exact) mass is 260 g/mol. The van der Waals surface area contributed by atoms with Gasteiger partial charge in [-0.05, 0) is 36.4 Å². The highest BCUT2D eigenvalue weighted by atomic mass is 15.1. The van der Waals surface area contributed by atoms with Crippen LogP contribution in [-0.2, 0) is 0 Å². The van der Waals surface area contributed by atoms with E-state index in [-0.39, 0.29) is 6.04 Å². The lowest BCUT2D eigenvalue weighted by molar-refractivity contribution is 0.160. The standard InChI is InChI=1S/C17H28N2/c1-5-12(2)11-19(4)16-10-13(3)14-8-6-7-9-15(14)17(16)18/h6-9,12-13,16-17H,5,10-11,18H2,1-4H3. The fourth-order valence-electron chi connectivity index (χ4n) is 3.32. The summed E-state index contributed by atoms with van der Waals surface area (Å²) in [6.45, 7) is 8.05. The van der Waals surface area contributed by atoms with Gasteiger partial charge in [-0.25, -0.2) is 0 Å². The highest BCUT2D eigenvalue weighted by Crippen LogP contribution is 2.38. The number of hydrogen-bond acceptors (Lipinski definition) is 2. The molecule has 0 saturated carbocycles. The molecule has 0 heterocycles.